The molecular formula is C19H18ClN3O2S. The summed E-state index contributed by atoms with van der Waals surface area (Å²) in [5.41, 5.74) is 1.59. The first-order valence-electron chi connectivity index (χ1n) is 8.49. The molecule has 3 heterocycles. The van der Waals surface area contributed by atoms with Gasteiger partial charge in [-0.1, -0.05) is 29.8 Å². The predicted octanol–water partition coefficient (Wildman–Crippen LogP) is 3.64. The van der Waals surface area contributed by atoms with Gasteiger partial charge >= 0.3 is 0 Å². The molecule has 1 aromatic carbocycles. The van der Waals surface area contributed by atoms with E-state index in [4.69, 9.17) is 11.6 Å². The number of fused-ring (bicyclic) bond motifs is 2. The summed E-state index contributed by atoms with van der Waals surface area (Å²) in [6.45, 7) is 2.96. The zero-order chi connectivity index (χ0) is 18.4. The van der Waals surface area contributed by atoms with Crippen LogP contribution in [0.4, 0.5) is 0 Å². The Labute approximate surface area is 159 Å². The fraction of sp³-hybridized carbons (Fsp3) is 0.316. The van der Waals surface area contributed by atoms with Gasteiger partial charge in [-0.05, 0) is 30.5 Å². The first kappa shape index (κ1) is 17.2. The summed E-state index contributed by atoms with van der Waals surface area (Å²) in [7, 11) is 1.75. The molecule has 1 aliphatic rings. The van der Waals surface area contributed by atoms with Gasteiger partial charge in [-0.2, -0.15) is 0 Å². The van der Waals surface area contributed by atoms with Crippen molar-refractivity contribution in [2.75, 3.05) is 7.05 Å². The second kappa shape index (κ2) is 6.52. The summed E-state index contributed by atoms with van der Waals surface area (Å²) in [5.74, 6) is 0.710. The van der Waals surface area contributed by atoms with Crippen molar-refractivity contribution in [3.05, 3.63) is 61.5 Å². The van der Waals surface area contributed by atoms with Crippen molar-refractivity contribution in [2.45, 2.75) is 32.9 Å². The molecule has 26 heavy (non-hydrogen) atoms. The molecule has 0 radical (unpaired) electrons. The average molecular weight is 388 g/mol. The fourth-order valence-electron chi connectivity index (χ4n) is 3.41. The number of halogens is 1. The molecule has 4 rings (SSSR count). The van der Waals surface area contributed by atoms with E-state index in [1.54, 1.807) is 16.5 Å². The third kappa shape index (κ3) is 2.73. The zero-order valence-corrected chi connectivity index (χ0v) is 16.2. The number of hydrogen-bond donors (Lipinski definition) is 0. The van der Waals surface area contributed by atoms with E-state index < -0.39 is 0 Å². The Morgan fingerprint density at radius 2 is 2.15 bits per heavy atom. The molecule has 1 amide bonds. The fourth-order valence-corrected chi connectivity index (χ4v) is 4.79. The van der Waals surface area contributed by atoms with Crippen molar-refractivity contribution < 1.29 is 4.79 Å². The number of carbonyl (C=O) groups is 1. The molecule has 0 N–H and O–H groups in total. The molecule has 0 saturated carbocycles. The summed E-state index contributed by atoms with van der Waals surface area (Å²) in [6, 6.07) is 7.48. The Morgan fingerprint density at radius 1 is 1.38 bits per heavy atom. The summed E-state index contributed by atoms with van der Waals surface area (Å²) in [5, 5.41) is 1.21. The largest absolute Gasteiger partial charge is 0.337 e. The highest BCUT2D eigenvalue weighted by molar-refractivity contribution is 7.20. The number of benzene rings is 1. The van der Waals surface area contributed by atoms with Gasteiger partial charge in [0, 0.05) is 31.6 Å². The number of aryl methyl sites for hydroxylation is 2. The van der Waals surface area contributed by atoms with Crippen LogP contribution in [0.1, 0.15) is 33.0 Å². The zero-order valence-electron chi connectivity index (χ0n) is 14.6. The first-order chi connectivity index (χ1) is 12.5. The Balaban J connectivity index is 1.71. The van der Waals surface area contributed by atoms with Gasteiger partial charge in [-0.3, -0.25) is 14.2 Å². The lowest BCUT2D eigenvalue weighted by molar-refractivity contribution is 0.0789. The topological polar surface area (TPSA) is 55.2 Å². The van der Waals surface area contributed by atoms with Gasteiger partial charge in [0.25, 0.3) is 11.5 Å². The summed E-state index contributed by atoms with van der Waals surface area (Å²) in [4.78, 5) is 33.2. The van der Waals surface area contributed by atoms with Crippen molar-refractivity contribution in [1.29, 1.82) is 0 Å². The standard InChI is InChI=1S/C19H18ClN3O2S/c1-11-15-17(21-14-8-5-9-23(14)18(15)24)26-16(11)19(25)22(2)10-12-6-3-4-7-13(12)20/h3-4,6-7H,5,8-10H2,1-2H3. The molecular weight excluding hydrogens is 370 g/mol. The number of hydrogen-bond acceptors (Lipinski definition) is 4. The van der Waals surface area contributed by atoms with Crippen LogP contribution in [-0.2, 0) is 19.5 Å². The van der Waals surface area contributed by atoms with E-state index in [0.717, 1.165) is 29.8 Å². The lowest BCUT2D eigenvalue weighted by atomic mass is 10.2. The molecule has 0 atom stereocenters. The molecule has 0 fully saturated rings. The second-order valence-electron chi connectivity index (χ2n) is 6.58. The van der Waals surface area contributed by atoms with Gasteiger partial charge in [0.05, 0.1) is 10.3 Å². The summed E-state index contributed by atoms with van der Waals surface area (Å²) < 4.78 is 1.74. The lowest BCUT2D eigenvalue weighted by Crippen LogP contribution is -2.26. The van der Waals surface area contributed by atoms with Crippen LogP contribution >= 0.6 is 22.9 Å². The Hall–Kier alpha value is -2.18. The lowest BCUT2D eigenvalue weighted by Gasteiger charge is -2.17. The summed E-state index contributed by atoms with van der Waals surface area (Å²) >= 11 is 7.51. The summed E-state index contributed by atoms with van der Waals surface area (Å²) in [6.07, 6.45) is 1.77. The van der Waals surface area contributed by atoms with Crippen LogP contribution in [0.25, 0.3) is 10.2 Å². The van der Waals surface area contributed by atoms with Crippen molar-refractivity contribution in [3.8, 4) is 0 Å². The van der Waals surface area contributed by atoms with Gasteiger partial charge in [0.15, 0.2) is 0 Å². The minimum Gasteiger partial charge on any atom is -0.337 e. The molecule has 134 valence electrons. The van der Waals surface area contributed by atoms with Crippen LogP contribution in [-0.4, -0.2) is 27.4 Å². The third-order valence-electron chi connectivity index (χ3n) is 4.82. The van der Waals surface area contributed by atoms with Crippen molar-refractivity contribution in [3.63, 3.8) is 0 Å². The predicted molar refractivity (Wildman–Crippen MR) is 104 cm³/mol. The van der Waals surface area contributed by atoms with E-state index >= 15 is 0 Å². The first-order valence-corrected chi connectivity index (χ1v) is 9.68. The molecule has 0 saturated heterocycles. The Morgan fingerprint density at radius 3 is 2.92 bits per heavy atom. The molecule has 5 nitrogen and oxygen atoms in total. The van der Waals surface area contributed by atoms with Crippen LogP contribution in [0.15, 0.2) is 29.1 Å². The molecule has 1 aliphatic heterocycles. The van der Waals surface area contributed by atoms with Crippen molar-refractivity contribution >= 4 is 39.1 Å². The number of amides is 1. The maximum absolute atomic E-state index is 13.0. The van der Waals surface area contributed by atoms with Crippen LogP contribution < -0.4 is 5.56 Å². The number of rotatable bonds is 3. The van der Waals surface area contributed by atoms with E-state index in [1.807, 2.05) is 31.2 Å². The molecule has 0 spiro atoms. The maximum atomic E-state index is 13.0. The van der Waals surface area contributed by atoms with Gasteiger partial charge in [-0.25, -0.2) is 4.98 Å². The number of thiophene rings is 1. The number of carbonyl (C=O) groups excluding carboxylic acids is 1. The van der Waals surface area contributed by atoms with Crippen LogP contribution in [0.2, 0.25) is 5.02 Å². The SMILES string of the molecule is Cc1c(C(=O)N(C)Cc2ccccc2Cl)sc2nc3n(c(=O)c12)CCC3. The number of aromatic nitrogens is 2. The van der Waals surface area contributed by atoms with Gasteiger partial charge in [0.1, 0.15) is 10.7 Å². The average Bonchev–Trinajstić information content (AvgIpc) is 3.21. The monoisotopic (exact) mass is 387 g/mol. The Bertz CT molecular complexity index is 1090. The van der Waals surface area contributed by atoms with E-state index in [0.29, 0.717) is 33.2 Å². The molecule has 7 heteroatoms. The minimum atomic E-state index is -0.116. The highest BCUT2D eigenvalue weighted by atomic mass is 35.5. The van der Waals surface area contributed by atoms with Gasteiger partial charge < -0.3 is 4.90 Å². The van der Waals surface area contributed by atoms with E-state index in [2.05, 4.69) is 4.98 Å². The minimum absolute atomic E-state index is 0.0240. The Kier molecular flexibility index (Phi) is 4.32. The van der Waals surface area contributed by atoms with E-state index in [-0.39, 0.29) is 11.5 Å². The highest BCUT2D eigenvalue weighted by Crippen LogP contribution is 2.30. The smallest absolute Gasteiger partial charge is 0.264 e. The van der Waals surface area contributed by atoms with Crippen molar-refractivity contribution in [2.24, 2.45) is 0 Å². The molecule has 0 unspecified atom stereocenters. The van der Waals surface area contributed by atoms with E-state index in [9.17, 15) is 9.59 Å². The maximum Gasteiger partial charge on any atom is 0.264 e. The third-order valence-corrected chi connectivity index (χ3v) is 6.36. The van der Waals surface area contributed by atoms with Crippen LogP contribution in [0.3, 0.4) is 0 Å². The highest BCUT2D eigenvalue weighted by Gasteiger charge is 2.25. The van der Waals surface area contributed by atoms with Crippen molar-refractivity contribution in [1.82, 2.24) is 14.5 Å². The van der Waals surface area contributed by atoms with Crippen LogP contribution in [0, 0.1) is 6.92 Å². The number of nitrogens with zero attached hydrogens (tertiary/aromatic N) is 3. The van der Waals surface area contributed by atoms with Gasteiger partial charge in [-0.15, -0.1) is 11.3 Å². The van der Waals surface area contributed by atoms with E-state index in [1.165, 1.54) is 11.3 Å². The molecule has 0 aliphatic carbocycles. The quantitative estimate of drug-likeness (QED) is 0.689. The second-order valence-corrected chi connectivity index (χ2v) is 7.98. The normalized spacial score (nSPS) is 13.2. The van der Waals surface area contributed by atoms with Crippen LogP contribution in [0.5, 0.6) is 0 Å². The molecule has 0 bridgehead atoms. The molecule has 2 aromatic heterocycles. The molecule has 3 aromatic rings. The van der Waals surface area contributed by atoms with Gasteiger partial charge in [0.2, 0.25) is 0 Å².